The first-order valence-electron chi connectivity index (χ1n) is 6.64. The molecule has 0 bridgehead atoms. The minimum atomic E-state index is -0.406. The van der Waals surface area contributed by atoms with Crippen molar-refractivity contribution in [1.29, 1.82) is 0 Å². The van der Waals surface area contributed by atoms with Crippen LogP contribution in [0.25, 0.3) is 0 Å². The van der Waals surface area contributed by atoms with Gasteiger partial charge in [0.15, 0.2) is 0 Å². The Morgan fingerprint density at radius 2 is 1.89 bits per heavy atom. The highest BCUT2D eigenvalue weighted by Gasteiger charge is 2.18. The molecule has 1 aliphatic rings. The lowest BCUT2D eigenvalue weighted by molar-refractivity contribution is 0.0267. The number of esters is 1. The Kier molecular flexibility index (Phi) is 4.49. The number of nitrogens with zero attached hydrogens (tertiary/aromatic N) is 1. The molecule has 0 aliphatic heterocycles. The number of nitroso groups, excluding NO2 is 1. The predicted octanol–water partition coefficient (Wildman–Crippen LogP) is 3.55. The first-order valence-corrected chi connectivity index (χ1v) is 6.64. The van der Waals surface area contributed by atoms with Crippen LogP contribution in [0, 0.1) is 4.91 Å². The van der Waals surface area contributed by atoms with Crippen LogP contribution in [-0.2, 0) is 4.74 Å². The van der Waals surface area contributed by atoms with Crippen molar-refractivity contribution in [3.63, 3.8) is 0 Å². The van der Waals surface area contributed by atoms with Crippen LogP contribution in [0.4, 0.5) is 11.4 Å². The summed E-state index contributed by atoms with van der Waals surface area (Å²) >= 11 is 0. The molecule has 1 aliphatic carbocycles. The summed E-state index contributed by atoms with van der Waals surface area (Å²) in [7, 11) is 0. The summed E-state index contributed by atoms with van der Waals surface area (Å²) in [6.45, 7) is 0. The van der Waals surface area contributed by atoms with Gasteiger partial charge in [-0.1, -0.05) is 12.8 Å². The van der Waals surface area contributed by atoms with Gasteiger partial charge < -0.3 is 10.5 Å². The molecule has 0 spiro atoms. The number of benzene rings is 1. The molecule has 2 N–H and O–H groups in total. The van der Waals surface area contributed by atoms with Crippen molar-refractivity contribution in [3.05, 3.63) is 28.7 Å². The molecule has 5 nitrogen and oxygen atoms in total. The number of carbonyl (C=O) groups excluding carboxylic acids is 1. The Morgan fingerprint density at radius 1 is 1.21 bits per heavy atom. The fourth-order valence-electron chi connectivity index (χ4n) is 2.33. The monoisotopic (exact) mass is 262 g/mol. The van der Waals surface area contributed by atoms with E-state index in [0.717, 1.165) is 25.7 Å². The Balaban J connectivity index is 2.04. The van der Waals surface area contributed by atoms with E-state index in [9.17, 15) is 9.70 Å². The number of rotatable bonds is 3. The highest BCUT2D eigenvalue weighted by molar-refractivity contribution is 5.91. The summed E-state index contributed by atoms with van der Waals surface area (Å²) in [6, 6.07) is 4.44. The van der Waals surface area contributed by atoms with Gasteiger partial charge in [-0.25, -0.2) is 4.79 Å². The van der Waals surface area contributed by atoms with Gasteiger partial charge in [0.2, 0.25) is 0 Å². The summed E-state index contributed by atoms with van der Waals surface area (Å²) in [5.41, 5.74) is 6.23. The van der Waals surface area contributed by atoms with Gasteiger partial charge in [-0.2, -0.15) is 0 Å². The van der Waals surface area contributed by atoms with Gasteiger partial charge in [0.05, 0.1) is 11.3 Å². The van der Waals surface area contributed by atoms with E-state index in [4.69, 9.17) is 10.5 Å². The van der Waals surface area contributed by atoms with Crippen LogP contribution in [0.5, 0.6) is 0 Å². The zero-order valence-corrected chi connectivity index (χ0v) is 10.8. The molecule has 0 atom stereocenters. The lowest BCUT2D eigenvalue weighted by Crippen LogP contribution is -2.17. The molecule has 5 heteroatoms. The van der Waals surface area contributed by atoms with Crippen molar-refractivity contribution in [2.24, 2.45) is 5.18 Å². The second-order valence-electron chi connectivity index (χ2n) is 4.88. The second-order valence-corrected chi connectivity index (χ2v) is 4.88. The summed E-state index contributed by atoms with van der Waals surface area (Å²) in [4.78, 5) is 22.6. The SMILES string of the molecule is Nc1ccc(C(=O)OC2CCCCCC2)cc1N=O. The summed E-state index contributed by atoms with van der Waals surface area (Å²) < 4.78 is 5.47. The van der Waals surface area contributed by atoms with Gasteiger partial charge in [-0.05, 0) is 49.1 Å². The van der Waals surface area contributed by atoms with Crippen LogP contribution < -0.4 is 5.73 Å². The van der Waals surface area contributed by atoms with E-state index >= 15 is 0 Å². The van der Waals surface area contributed by atoms with Gasteiger partial charge in [-0.3, -0.25) is 0 Å². The number of carbonyl (C=O) groups is 1. The van der Waals surface area contributed by atoms with Gasteiger partial charge >= 0.3 is 5.97 Å². The van der Waals surface area contributed by atoms with Gasteiger partial charge in [-0.15, -0.1) is 4.91 Å². The van der Waals surface area contributed by atoms with Crippen molar-refractivity contribution in [2.45, 2.75) is 44.6 Å². The minimum Gasteiger partial charge on any atom is -0.459 e. The summed E-state index contributed by atoms with van der Waals surface area (Å²) in [5, 5.41) is 2.79. The van der Waals surface area contributed by atoms with Gasteiger partial charge in [0, 0.05) is 0 Å². The van der Waals surface area contributed by atoms with Gasteiger partial charge in [0.25, 0.3) is 0 Å². The van der Waals surface area contributed by atoms with Crippen molar-refractivity contribution in [1.82, 2.24) is 0 Å². The van der Waals surface area contributed by atoms with Crippen LogP contribution in [0.1, 0.15) is 48.9 Å². The zero-order valence-electron chi connectivity index (χ0n) is 10.8. The fourth-order valence-corrected chi connectivity index (χ4v) is 2.33. The maximum atomic E-state index is 12.0. The number of nitrogen functional groups attached to an aromatic ring is 1. The van der Waals surface area contributed by atoms with E-state index in [1.165, 1.54) is 25.0 Å². The Hall–Kier alpha value is -1.91. The Morgan fingerprint density at radius 3 is 2.53 bits per heavy atom. The Labute approximate surface area is 112 Å². The number of hydrogen-bond donors (Lipinski definition) is 1. The number of ether oxygens (including phenoxy) is 1. The van der Waals surface area contributed by atoms with E-state index in [2.05, 4.69) is 5.18 Å². The van der Waals surface area contributed by atoms with Crippen LogP contribution >= 0.6 is 0 Å². The lowest BCUT2D eigenvalue weighted by atomic mass is 10.1. The maximum absolute atomic E-state index is 12.0. The third-order valence-electron chi connectivity index (χ3n) is 3.44. The third-order valence-corrected chi connectivity index (χ3v) is 3.44. The molecule has 102 valence electrons. The molecule has 0 saturated heterocycles. The minimum absolute atomic E-state index is 0.0137. The smallest absolute Gasteiger partial charge is 0.338 e. The molecule has 2 rings (SSSR count). The molecule has 0 unspecified atom stereocenters. The molecule has 0 aromatic heterocycles. The van der Waals surface area contributed by atoms with Crippen LogP contribution in [0.3, 0.4) is 0 Å². The van der Waals surface area contributed by atoms with Crippen molar-refractivity contribution < 1.29 is 9.53 Å². The number of nitrogens with two attached hydrogens (primary N) is 1. The lowest BCUT2D eigenvalue weighted by Gasteiger charge is -2.15. The maximum Gasteiger partial charge on any atom is 0.338 e. The molecule has 19 heavy (non-hydrogen) atoms. The van der Waals surface area contributed by atoms with E-state index in [-0.39, 0.29) is 17.5 Å². The molecule has 0 heterocycles. The average molecular weight is 262 g/mol. The van der Waals surface area contributed by atoms with Crippen molar-refractivity contribution in [2.75, 3.05) is 5.73 Å². The largest absolute Gasteiger partial charge is 0.459 e. The van der Waals surface area contributed by atoms with Gasteiger partial charge in [0.1, 0.15) is 11.8 Å². The molecular formula is C14H18N2O3. The van der Waals surface area contributed by atoms with E-state index in [1.54, 1.807) is 6.07 Å². The number of hydrogen-bond acceptors (Lipinski definition) is 5. The normalized spacial score (nSPS) is 16.6. The molecule has 1 aromatic carbocycles. The molecule has 1 saturated carbocycles. The highest BCUT2D eigenvalue weighted by atomic mass is 16.5. The summed E-state index contributed by atoms with van der Waals surface area (Å²) in [5.74, 6) is -0.406. The molecule has 0 radical (unpaired) electrons. The van der Waals surface area contributed by atoms with Crippen LogP contribution in [0.2, 0.25) is 0 Å². The van der Waals surface area contributed by atoms with E-state index in [1.807, 2.05) is 0 Å². The second kappa shape index (κ2) is 6.31. The average Bonchev–Trinajstić information content (AvgIpc) is 2.68. The summed E-state index contributed by atoms with van der Waals surface area (Å²) in [6.07, 6.45) is 6.42. The molecule has 1 fully saturated rings. The first kappa shape index (κ1) is 13.5. The van der Waals surface area contributed by atoms with Crippen LogP contribution in [0.15, 0.2) is 23.4 Å². The highest BCUT2D eigenvalue weighted by Crippen LogP contribution is 2.25. The molecule has 1 aromatic rings. The van der Waals surface area contributed by atoms with Crippen molar-refractivity contribution >= 4 is 17.3 Å². The zero-order chi connectivity index (χ0) is 13.7. The quantitative estimate of drug-likeness (QED) is 0.391. The van der Waals surface area contributed by atoms with Crippen LogP contribution in [-0.4, -0.2) is 12.1 Å². The number of anilines is 1. The first-order chi connectivity index (χ1) is 9.20. The third kappa shape index (κ3) is 3.53. The topological polar surface area (TPSA) is 81.8 Å². The molecular weight excluding hydrogens is 244 g/mol. The fraction of sp³-hybridized carbons (Fsp3) is 0.500. The molecule has 0 amide bonds. The standard InChI is InChI=1S/C14H18N2O3/c15-12-8-7-10(9-13(12)16-18)14(17)19-11-5-3-1-2-4-6-11/h7-9,11H,1-6,15H2. The van der Waals surface area contributed by atoms with Crippen molar-refractivity contribution in [3.8, 4) is 0 Å². The van der Waals surface area contributed by atoms with E-state index < -0.39 is 5.97 Å². The predicted molar refractivity (Wildman–Crippen MR) is 73.2 cm³/mol. The van der Waals surface area contributed by atoms with E-state index in [0.29, 0.717) is 5.56 Å². The Bertz CT molecular complexity index is 466.